The maximum absolute atomic E-state index is 12.2. The minimum atomic E-state index is -0.246. The topological polar surface area (TPSA) is 59.6 Å². The van der Waals surface area contributed by atoms with Crippen LogP contribution >= 0.6 is 27.5 Å². The molecule has 5 nitrogen and oxygen atoms in total. The Morgan fingerprint density at radius 1 is 1.00 bits per heavy atom. The fourth-order valence-corrected chi connectivity index (χ4v) is 3.48. The van der Waals surface area contributed by atoms with Crippen LogP contribution in [0, 0.1) is 0 Å². The van der Waals surface area contributed by atoms with E-state index in [1.165, 1.54) is 0 Å². The van der Waals surface area contributed by atoms with Crippen LogP contribution in [0.3, 0.4) is 0 Å². The van der Waals surface area contributed by atoms with Crippen molar-refractivity contribution >= 4 is 44.8 Å². The van der Waals surface area contributed by atoms with Crippen LogP contribution in [0.5, 0.6) is 11.5 Å². The molecule has 1 amide bonds. The van der Waals surface area contributed by atoms with Gasteiger partial charge in [0.2, 0.25) is 0 Å². The Bertz CT molecular complexity index is 982. The van der Waals surface area contributed by atoms with Crippen LogP contribution < -0.4 is 20.1 Å². The molecule has 0 aliphatic carbocycles. The van der Waals surface area contributed by atoms with Crippen molar-refractivity contribution in [2.45, 2.75) is 13.5 Å². The predicted molar refractivity (Wildman–Crippen MR) is 125 cm³/mol. The third-order valence-electron chi connectivity index (χ3n) is 4.12. The van der Waals surface area contributed by atoms with Crippen molar-refractivity contribution in [3.63, 3.8) is 0 Å². The van der Waals surface area contributed by atoms with Crippen LogP contribution in [0.1, 0.15) is 12.5 Å². The molecule has 156 valence electrons. The number of anilines is 2. The number of carbonyl (C=O) groups excluding carboxylic acids is 1. The van der Waals surface area contributed by atoms with Gasteiger partial charge in [0, 0.05) is 22.9 Å². The highest BCUT2D eigenvalue weighted by Crippen LogP contribution is 2.37. The van der Waals surface area contributed by atoms with Gasteiger partial charge in [0.25, 0.3) is 5.91 Å². The zero-order valence-corrected chi connectivity index (χ0v) is 18.8. The normalized spacial score (nSPS) is 10.4. The van der Waals surface area contributed by atoms with Gasteiger partial charge in [-0.25, -0.2) is 0 Å². The smallest absolute Gasteiger partial charge is 0.262 e. The number of halogens is 2. The number of ether oxygens (including phenoxy) is 2. The fraction of sp³-hybridized carbons (Fsp3) is 0.174. The van der Waals surface area contributed by atoms with Crippen LogP contribution in [0.2, 0.25) is 5.02 Å². The molecule has 0 fully saturated rings. The predicted octanol–water partition coefficient (Wildman–Crippen LogP) is 6.13. The quantitative estimate of drug-likeness (QED) is 0.379. The third kappa shape index (κ3) is 6.40. The molecule has 0 saturated carbocycles. The van der Waals surface area contributed by atoms with E-state index >= 15 is 0 Å². The summed E-state index contributed by atoms with van der Waals surface area (Å²) in [4.78, 5) is 12.2. The molecule has 0 aromatic heterocycles. The number of carbonyl (C=O) groups is 1. The van der Waals surface area contributed by atoms with Crippen molar-refractivity contribution in [2.75, 3.05) is 23.8 Å². The lowest BCUT2D eigenvalue weighted by Crippen LogP contribution is -2.20. The number of hydrogen-bond acceptors (Lipinski definition) is 4. The second-order valence-corrected chi connectivity index (χ2v) is 7.69. The highest BCUT2D eigenvalue weighted by molar-refractivity contribution is 9.10. The van der Waals surface area contributed by atoms with E-state index in [1.807, 2.05) is 73.7 Å². The molecular formula is C23H22BrClN2O3. The van der Waals surface area contributed by atoms with E-state index < -0.39 is 0 Å². The van der Waals surface area contributed by atoms with Gasteiger partial charge in [-0.05, 0) is 76.9 Å². The Labute approximate surface area is 189 Å². The SMILES string of the molecule is CCOc1cc(CNc2ccc(Cl)cc2)cc(Br)c1OCC(=O)Nc1ccccc1. The van der Waals surface area contributed by atoms with Gasteiger partial charge in [-0.15, -0.1) is 0 Å². The van der Waals surface area contributed by atoms with Crippen LogP contribution in [0.4, 0.5) is 11.4 Å². The lowest BCUT2D eigenvalue weighted by Gasteiger charge is -2.16. The molecule has 0 radical (unpaired) electrons. The molecule has 0 aliphatic rings. The Morgan fingerprint density at radius 2 is 1.73 bits per heavy atom. The molecule has 0 aliphatic heterocycles. The summed E-state index contributed by atoms with van der Waals surface area (Å²) in [6.45, 7) is 2.84. The standard InChI is InChI=1S/C23H22BrClN2O3/c1-2-29-21-13-16(14-26-18-10-8-17(25)9-11-18)12-20(24)23(21)30-15-22(28)27-19-6-4-3-5-7-19/h3-13,26H,2,14-15H2,1H3,(H,27,28). The van der Waals surface area contributed by atoms with E-state index in [0.717, 1.165) is 16.9 Å². The zero-order chi connectivity index (χ0) is 21.3. The number of para-hydroxylation sites is 1. The van der Waals surface area contributed by atoms with Crippen molar-refractivity contribution in [1.82, 2.24) is 0 Å². The Balaban J connectivity index is 1.66. The molecule has 0 atom stereocenters. The van der Waals surface area contributed by atoms with Gasteiger partial charge >= 0.3 is 0 Å². The average Bonchev–Trinajstić information content (AvgIpc) is 2.74. The second-order valence-electron chi connectivity index (χ2n) is 6.40. The van der Waals surface area contributed by atoms with E-state index in [1.54, 1.807) is 0 Å². The van der Waals surface area contributed by atoms with Crippen molar-refractivity contribution in [3.05, 3.63) is 81.8 Å². The van der Waals surface area contributed by atoms with E-state index in [9.17, 15) is 4.79 Å². The molecule has 3 aromatic rings. The van der Waals surface area contributed by atoms with E-state index in [4.69, 9.17) is 21.1 Å². The lowest BCUT2D eigenvalue weighted by atomic mass is 10.2. The summed E-state index contributed by atoms with van der Waals surface area (Å²) in [6, 6.07) is 20.6. The minimum absolute atomic E-state index is 0.129. The summed E-state index contributed by atoms with van der Waals surface area (Å²) in [5.41, 5.74) is 2.69. The van der Waals surface area contributed by atoms with Gasteiger partial charge < -0.3 is 20.1 Å². The van der Waals surface area contributed by atoms with Gasteiger partial charge in [-0.2, -0.15) is 0 Å². The lowest BCUT2D eigenvalue weighted by molar-refractivity contribution is -0.118. The van der Waals surface area contributed by atoms with Crippen molar-refractivity contribution in [3.8, 4) is 11.5 Å². The van der Waals surface area contributed by atoms with Crippen molar-refractivity contribution < 1.29 is 14.3 Å². The molecule has 3 rings (SSSR count). The van der Waals surface area contributed by atoms with Crippen LogP contribution in [0.15, 0.2) is 71.2 Å². The first-order valence-corrected chi connectivity index (χ1v) is 10.6. The summed E-state index contributed by atoms with van der Waals surface area (Å²) < 4.78 is 12.2. The highest BCUT2D eigenvalue weighted by Gasteiger charge is 2.14. The first-order chi connectivity index (χ1) is 14.5. The molecule has 3 aromatic carbocycles. The van der Waals surface area contributed by atoms with Gasteiger partial charge in [-0.1, -0.05) is 29.8 Å². The Morgan fingerprint density at radius 3 is 2.43 bits per heavy atom. The van der Waals surface area contributed by atoms with Crippen LogP contribution in [-0.2, 0) is 11.3 Å². The maximum Gasteiger partial charge on any atom is 0.262 e. The zero-order valence-electron chi connectivity index (χ0n) is 16.5. The largest absolute Gasteiger partial charge is 0.490 e. The highest BCUT2D eigenvalue weighted by atomic mass is 79.9. The summed E-state index contributed by atoms with van der Waals surface area (Å²) in [6.07, 6.45) is 0. The molecule has 0 unspecified atom stereocenters. The molecular weight excluding hydrogens is 468 g/mol. The molecule has 2 N–H and O–H groups in total. The van der Waals surface area contributed by atoms with Crippen molar-refractivity contribution in [2.24, 2.45) is 0 Å². The van der Waals surface area contributed by atoms with E-state index in [2.05, 4.69) is 26.6 Å². The molecule has 30 heavy (non-hydrogen) atoms. The molecule has 0 heterocycles. The summed E-state index contributed by atoms with van der Waals surface area (Å²) in [7, 11) is 0. The Kier molecular flexibility index (Phi) is 7.99. The summed E-state index contributed by atoms with van der Waals surface area (Å²) in [5, 5.41) is 6.83. The molecule has 7 heteroatoms. The van der Waals surface area contributed by atoms with Gasteiger partial charge in [0.1, 0.15) is 0 Å². The number of benzene rings is 3. The van der Waals surface area contributed by atoms with Gasteiger partial charge in [0.15, 0.2) is 18.1 Å². The van der Waals surface area contributed by atoms with Crippen molar-refractivity contribution in [1.29, 1.82) is 0 Å². The van der Waals surface area contributed by atoms with Crippen LogP contribution in [0.25, 0.3) is 0 Å². The molecule has 0 saturated heterocycles. The fourth-order valence-electron chi connectivity index (χ4n) is 2.75. The monoisotopic (exact) mass is 488 g/mol. The number of hydrogen-bond donors (Lipinski definition) is 2. The number of nitrogens with one attached hydrogen (secondary N) is 2. The first-order valence-electron chi connectivity index (χ1n) is 9.47. The van der Waals surface area contributed by atoms with E-state index in [0.29, 0.717) is 34.1 Å². The maximum atomic E-state index is 12.2. The molecule has 0 spiro atoms. The summed E-state index contributed by atoms with van der Waals surface area (Å²) >= 11 is 9.47. The Hall–Kier alpha value is -2.70. The minimum Gasteiger partial charge on any atom is -0.490 e. The average molecular weight is 490 g/mol. The number of amides is 1. The first kappa shape index (κ1) is 22.0. The van der Waals surface area contributed by atoms with Crippen LogP contribution in [-0.4, -0.2) is 19.1 Å². The van der Waals surface area contributed by atoms with Gasteiger partial charge in [0.05, 0.1) is 11.1 Å². The van der Waals surface area contributed by atoms with E-state index in [-0.39, 0.29) is 12.5 Å². The number of rotatable bonds is 9. The summed E-state index contributed by atoms with van der Waals surface area (Å²) in [5.74, 6) is 0.826. The van der Waals surface area contributed by atoms with Gasteiger partial charge in [-0.3, -0.25) is 4.79 Å². The molecule has 0 bridgehead atoms. The second kappa shape index (κ2) is 10.9. The third-order valence-corrected chi connectivity index (χ3v) is 4.96.